The van der Waals surface area contributed by atoms with Gasteiger partial charge in [-0.25, -0.2) is 4.79 Å². The smallest absolute Gasteiger partial charge is 0.349 e. The minimum Gasteiger partial charge on any atom is -0.462 e. The van der Waals surface area contributed by atoms with Gasteiger partial charge in [0.05, 0.1) is 6.61 Å². The third kappa shape index (κ3) is 5.75. The molecule has 2 rings (SSSR count). The average molecular weight is 376 g/mol. The normalized spacial score (nSPS) is 15.5. The molecule has 0 amide bonds. The van der Waals surface area contributed by atoms with Gasteiger partial charge in [-0.1, -0.05) is 30.4 Å². The van der Waals surface area contributed by atoms with Crippen molar-refractivity contribution in [2.75, 3.05) is 25.6 Å². The highest BCUT2D eigenvalue weighted by atomic mass is 16.5. The Kier molecular flexibility index (Phi) is 7.41. The molecule has 0 saturated heterocycles. The molecule has 1 aliphatic rings. The van der Waals surface area contributed by atoms with E-state index in [-0.39, 0.29) is 12.2 Å². The van der Waals surface area contributed by atoms with E-state index in [0.717, 1.165) is 11.3 Å². The third-order valence-corrected chi connectivity index (χ3v) is 3.89. The third-order valence-electron chi connectivity index (χ3n) is 3.89. The van der Waals surface area contributed by atoms with Gasteiger partial charge in [0.1, 0.15) is 23.2 Å². The van der Waals surface area contributed by atoms with Crippen LogP contribution in [0.25, 0.3) is 6.08 Å². The lowest BCUT2D eigenvalue weighted by Gasteiger charge is -2.14. The Morgan fingerprint density at radius 2 is 1.86 bits per heavy atom. The number of nitriles is 1. The zero-order valence-electron chi connectivity index (χ0n) is 16.6. The van der Waals surface area contributed by atoms with Crippen LogP contribution < -0.4 is 4.90 Å². The van der Waals surface area contributed by atoms with Crippen LogP contribution in [0.4, 0.5) is 5.69 Å². The van der Waals surface area contributed by atoms with Gasteiger partial charge in [0.25, 0.3) is 0 Å². The van der Waals surface area contributed by atoms with Crippen molar-refractivity contribution >= 4 is 17.7 Å². The molecule has 0 bridgehead atoms. The van der Waals surface area contributed by atoms with Crippen LogP contribution in [0.1, 0.15) is 19.4 Å². The van der Waals surface area contributed by atoms with Crippen molar-refractivity contribution in [1.82, 2.24) is 0 Å². The summed E-state index contributed by atoms with van der Waals surface area (Å²) in [6, 6.07) is 10.1. The molecule has 5 heteroatoms. The predicted octanol–water partition coefficient (Wildman–Crippen LogP) is 4.52. The molecule has 0 fully saturated rings. The van der Waals surface area contributed by atoms with E-state index in [2.05, 4.69) is 12.1 Å². The van der Waals surface area contributed by atoms with E-state index in [4.69, 9.17) is 9.47 Å². The first-order valence-corrected chi connectivity index (χ1v) is 8.96. The summed E-state index contributed by atoms with van der Waals surface area (Å²) in [6.07, 6.45) is 10.8. The summed E-state index contributed by atoms with van der Waals surface area (Å²) in [5.41, 5.74) is 2.67. The van der Waals surface area contributed by atoms with E-state index in [1.54, 1.807) is 32.1 Å². The van der Waals surface area contributed by atoms with E-state index in [1.807, 2.05) is 55.4 Å². The summed E-state index contributed by atoms with van der Waals surface area (Å²) < 4.78 is 10.6. The lowest BCUT2D eigenvalue weighted by Crippen LogP contribution is -2.09. The summed E-state index contributed by atoms with van der Waals surface area (Å²) >= 11 is 0. The highest BCUT2D eigenvalue weighted by Gasteiger charge is 2.17. The first kappa shape index (κ1) is 20.8. The van der Waals surface area contributed by atoms with Gasteiger partial charge in [0.15, 0.2) is 0 Å². The number of rotatable bonds is 6. The van der Waals surface area contributed by atoms with Gasteiger partial charge in [-0.15, -0.1) is 0 Å². The van der Waals surface area contributed by atoms with E-state index in [0.29, 0.717) is 17.1 Å². The summed E-state index contributed by atoms with van der Waals surface area (Å²) in [6.45, 7) is 3.68. The Balaban J connectivity index is 2.15. The van der Waals surface area contributed by atoms with Crippen LogP contribution in [0.15, 0.2) is 77.3 Å². The van der Waals surface area contributed by atoms with Gasteiger partial charge >= 0.3 is 5.97 Å². The van der Waals surface area contributed by atoms with E-state index < -0.39 is 5.97 Å². The van der Waals surface area contributed by atoms with Gasteiger partial charge in [-0.3, -0.25) is 0 Å². The predicted molar refractivity (Wildman–Crippen MR) is 111 cm³/mol. The molecule has 0 saturated carbocycles. The number of allylic oxidation sites excluding steroid dienone is 7. The standard InChI is InChI=1S/C23H24N2O3/c1-5-27-23(26)22(16-24)19-14-17(2)28-21(15-19)9-7-6-8-18-10-12-20(13-11-18)25(3)4/h6-15H,5H2,1-4H3/b8-6+,9-7+,22-19+. The van der Waals surface area contributed by atoms with Crippen molar-refractivity contribution in [3.8, 4) is 6.07 Å². The van der Waals surface area contributed by atoms with Crippen LogP contribution >= 0.6 is 0 Å². The molecule has 0 radical (unpaired) electrons. The fourth-order valence-corrected chi connectivity index (χ4v) is 2.52. The maximum Gasteiger partial charge on any atom is 0.349 e. The van der Waals surface area contributed by atoms with Gasteiger partial charge < -0.3 is 14.4 Å². The number of anilines is 1. The van der Waals surface area contributed by atoms with Gasteiger partial charge in [0, 0.05) is 25.4 Å². The summed E-state index contributed by atoms with van der Waals surface area (Å²) in [5.74, 6) is 0.503. The summed E-state index contributed by atoms with van der Waals surface area (Å²) in [4.78, 5) is 14.0. The second kappa shape index (κ2) is 9.98. The van der Waals surface area contributed by atoms with Crippen molar-refractivity contribution in [3.05, 3.63) is 82.9 Å². The van der Waals surface area contributed by atoms with Crippen molar-refractivity contribution in [1.29, 1.82) is 5.26 Å². The van der Waals surface area contributed by atoms with Gasteiger partial charge in [-0.05, 0) is 49.8 Å². The van der Waals surface area contributed by atoms with Crippen LogP contribution in [-0.2, 0) is 14.3 Å². The molecule has 144 valence electrons. The molecule has 0 unspecified atom stereocenters. The first-order valence-electron chi connectivity index (χ1n) is 8.96. The van der Waals surface area contributed by atoms with Crippen molar-refractivity contribution in [2.45, 2.75) is 13.8 Å². The Bertz CT molecular complexity index is 908. The topological polar surface area (TPSA) is 62.6 Å². The number of hydrogen-bond donors (Lipinski definition) is 0. The Labute approximate surface area is 166 Å². The maximum atomic E-state index is 11.9. The lowest BCUT2D eigenvalue weighted by molar-refractivity contribution is -0.138. The first-order chi connectivity index (χ1) is 13.4. The number of carbonyl (C=O) groups excluding carboxylic acids is 1. The molecule has 0 spiro atoms. The molecule has 1 aliphatic heterocycles. The number of esters is 1. The van der Waals surface area contributed by atoms with Crippen LogP contribution in [0.3, 0.4) is 0 Å². The molecule has 1 aromatic carbocycles. The highest BCUT2D eigenvalue weighted by molar-refractivity contribution is 5.95. The number of carbonyl (C=O) groups is 1. The maximum absolute atomic E-state index is 11.9. The molecule has 5 nitrogen and oxygen atoms in total. The van der Waals surface area contributed by atoms with Crippen molar-refractivity contribution in [3.63, 3.8) is 0 Å². The molecule has 28 heavy (non-hydrogen) atoms. The van der Waals surface area contributed by atoms with Gasteiger partial charge in [0.2, 0.25) is 0 Å². The Hall–Kier alpha value is -3.52. The average Bonchev–Trinajstić information content (AvgIpc) is 2.66. The largest absolute Gasteiger partial charge is 0.462 e. The fourth-order valence-electron chi connectivity index (χ4n) is 2.52. The quantitative estimate of drug-likeness (QED) is 0.316. The molecule has 0 N–H and O–H groups in total. The van der Waals surface area contributed by atoms with Crippen LogP contribution in [-0.4, -0.2) is 26.7 Å². The number of nitrogens with zero attached hydrogens (tertiary/aromatic N) is 2. The van der Waals surface area contributed by atoms with Crippen LogP contribution in [0.5, 0.6) is 0 Å². The summed E-state index contributed by atoms with van der Waals surface area (Å²) in [5, 5.41) is 9.30. The Morgan fingerprint density at radius 3 is 2.46 bits per heavy atom. The van der Waals surface area contributed by atoms with Crippen LogP contribution in [0.2, 0.25) is 0 Å². The Morgan fingerprint density at radius 1 is 1.18 bits per heavy atom. The molecular formula is C23H24N2O3. The van der Waals surface area contributed by atoms with Gasteiger partial charge in [-0.2, -0.15) is 5.26 Å². The second-order valence-electron chi connectivity index (χ2n) is 6.27. The van der Waals surface area contributed by atoms with E-state index in [9.17, 15) is 10.1 Å². The minimum atomic E-state index is -0.633. The monoisotopic (exact) mass is 376 g/mol. The zero-order valence-corrected chi connectivity index (χ0v) is 16.6. The second-order valence-corrected chi connectivity index (χ2v) is 6.27. The zero-order chi connectivity index (χ0) is 20.5. The van der Waals surface area contributed by atoms with E-state index in [1.165, 1.54) is 0 Å². The molecular weight excluding hydrogens is 352 g/mol. The molecule has 0 aromatic heterocycles. The van der Waals surface area contributed by atoms with Crippen molar-refractivity contribution in [2.24, 2.45) is 0 Å². The number of ether oxygens (including phenoxy) is 2. The molecule has 0 atom stereocenters. The SMILES string of the molecule is CCOC(=O)/C(C#N)=C1\C=C(C)OC(/C=C/C=C/c2ccc(N(C)C)cc2)=C1. The summed E-state index contributed by atoms with van der Waals surface area (Å²) in [7, 11) is 4.01. The molecule has 0 aliphatic carbocycles. The van der Waals surface area contributed by atoms with Crippen LogP contribution in [0, 0.1) is 11.3 Å². The highest BCUT2D eigenvalue weighted by Crippen LogP contribution is 2.23. The fraction of sp³-hybridized carbons (Fsp3) is 0.217. The lowest BCUT2D eigenvalue weighted by atomic mass is 10.1. The molecule has 1 aromatic rings. The molecule has 1 heterocycles. The van der Waals surface area contributed by atoms with E-state index >= 15 is 0 Å². The number of benzene rings is 1. The minimum absolute atomic E-state index is 0.0353. The number of hydrogen-bond acceptors (Lipinski definition) is 5. The van der Waals surface area contributed by atoms with Crippen molar-refractivity contribution < 1.29 is 14.3 Å².